The lowest BCUT2D eigenvalue weighted by Gasteiger charge is -2.24. The highest BCUT2D eigenvalue weighted by molar-refractivity contribution is 5.91. The number of methoxy groups -OCH3 is 2. The van der Waals surface area contributed by atoms with Gasteiger partial charge in [-0.05, 0) is 83.6 Å². The monoisotopic (exact) mass is 542 g/mol. The minimum Gasteiger partial charge on any atom is -0.493 e. The lowest BCUT2D eigenvalue weighted by Crippen LogP contribution is -2.30. The Kier molecular flexibility index (Phi) is 12.4. The summed E-state index contributed by atoms with van der Waals surface area (Å²) in [7, 11) is 7.21. The van der Waals surface area contributed by atoms with Gasteiger partial charge in [0.15, 0.2) is 11.5 Å². The van der Waals surface area contributed by atoms with Gasteiger partial charge in [0, 0.05) is 13.1 Å². The number of hydrogen-bond acceptors (Lipinski definition) is 9. The van der Waals surface area contributed by atoms with Crippen LogP contribution in [-0.4, -0.2) is 95.6 Å². The van der Waals surface area contributed by atoms with Gasteiger partial charge in [-0.15, -0.1) is 0 Å². The van der Waals surface area contributed by atoms with Crippen molar-refractivity contribution in [3.63, 3.8) is 0 Å². The maximum Gasteiger partial charge on any atom is 0.338 e. The minimum absolute atomic E-state index is 0.255. The predicted molar refractivity (Wildman–Crippen MR) is 149 cm³/mol. The number of nitrogens with zero attached hydrogens (tertiary/aromatic N) is 2. The zero-order valence-electron chi connectivity index (χ0n) is 23.6. The Morgan fingerprint density at radius 3 is 2.26 bits per heavy atom. The van der Waals surface area contributed by atoms with Gasteiger partial charge in [0.25, 0.3) is 0 Å². The Balaban J connectivity index is 1.75. The van der Waals surface area contributed by atoms with E-state index in [1.165, 1.54) is 14.2 Å². The van der Waals surface area contributed by atoms with Gasteiger partial charge in [-0.1, -0.05) is 18.2 Å². The van der Waals surface area contributed by atoms with Crippen LogP contribution in [0.2, 0.25) is 0 Å². The van der Waals surface area contributed by atoms with Gasteiger partial charge in [-0.2, -0.15) is 0 Å². The number of benzene rings is 2. The quantitative estimate of drug-likeness (QED) is 0.525. The van der Waals surface area contributed by atoms with E-state index in [1.807, 2.05) is 18.2 Å². The van der Waals surface area contributed by atoms with Crippen LogP contribution in [0.1, 0.15) is 52.8 Å². The first kappa shape index (κ1) is 30.2. The summed E-state index contributed by atoms with van der Waals surface area (Å²) in [5.74, 6) is 0.439. The number of carbonyl (C=O) groups excluding carboxylic acids is 2. The third kappa shape index (κ3) is 9.75. The number of cyclic esters (lactones) is 1. The van der Waals surface area contributed by atoms with Crippen LogP contribution < -0.4 is 14.2 Å². The summed E-state index contributed by atoms with van der Waals surface area (Å²) >= 11 is 0. The van der Waals surface area contributed by atoms with Crippen molar-refractivity contribution in [3.8, 4) is 17.2 Å². The van der Waals surface area contributed by atoms with Crippen molar-refractivity contribution < 1.29 is 33.3 Å². The molecule has 1 atom stereocenters. The molecule has 0 aromatic heterocycles. The first-order valence-corrected chi connectivity index (χ1v) is 13.6. The van der Waals surface area contributed by atoms with E-state index in [0.29, 0.717) is 54.4 Å². The molecule has 0 amide bonds. The molecule has 0 saturated heterocycles. The van der Waals surface area contributed by atoms with Crippen LogP contribution in [0.3, 0.4) is 0 Å². The van der Waals surface area contributed by atoms with Crippen molar-refractivity contribution in [1.29, 1.82) is 0 Å². The van der Waals surface area contributed by atoms with Crippen molar-refractivity contribution in [2.24, 2.45) is 0 Å². The van der Waals surface area contributed by atoms with E-state index in [-0.39, 0.29) is 12.1 Å². The summed E-state index contributed by atoms with van der Waals surface area (Å²) < 4.78 is 28.4. The molecule has 9 heteroatoms. The van der Waals surface area contributed by atoms with E-state index >= 15 is 0 Å². The molecule has 0 saturated carbocycles. The Morgan fingerprint density at radius 1 is 0.846 bits per heavy atom. The van der Waals surface area contributed by atoms with Crippen molar-refractivity contribution >= 4 is 11.9 Å². The molecule has 2 aromatic rings. The average molecular weight is 543 g/mol. The number of hydrogen-bond donors (Lipinski definition) is 0. The zero-order valence-corrected chi connectivity index (χ0v) is 23.6. The molecule has 1 unspecified atom stereocenters. The number of esters is 2. The number of fused-ring (bicyclic) bond motifs is 2. The number of carbonyl (C=O) groups is 2. The van der Waals surface area contributed by atoms with Crippen LogP contribution in [0, 0.1) is 0 Å². The predicted octanol–water partition coefficient (Wildman–Crippen LogP) is 4.29. The molecule has 0 aliphatic carbocycles. The smallest absolute Gasteiger partial charge is 0.338 e. The molecule has 2 aromatic carbocycles. The second-order valence-electron chi connectivity index (χ2n) is 9.83. The third-order valence-electron chi connectivity index (χ3n) is 6.72. The van der Waals surface area contributed by atoms with Crippen molar-refractivity contribution in [1.82, 2.24) is 9.80 Å². The summed E-state index contributed by atoms with van der Waals surface area (Å²) in [5, 5.41) is 0. The lowest BCUT2D eigenvalue weighted by atomic mass is 10.1. The molecule has 3 rings (SSSR count). The normalized spacial score (nSPS) is 19.3. The molecule has 1 aliphatic heterocycles. The molecular formula is C30H42N2O7. The molecule has 1 aliphatic rings. The van der Waals surface area contributed by atoms with Crippen molar-refractivity contribution in [3.05, 3.63) is 53.6 Å². The second-order valence-corrected chi connectivity index (χ2v) is 9.83. The summed E-state index contributed by atoms with van der Waals surface area (Å²) in [6.45, 7) is 4.21. The highest BCUT2D eigenvalue weighted by Crippen LogP contribution is 2.38. The maximum atomic E-state index is 12.8. The Morgan fingerprint density at radius 2 is 1.54 bits per heavy atom. The summed E-state index contributed by atoms with van der Waals surface area (Å²) in [4.78, 5) is 30.1. The number of rotatable bonds is 4. The molecule has 0 spiro atoms. The fourth-order valence-electron chi connectivity index (χ4n) is 4.48. The molecule has 2 bridgehead atoms. The van der Waals surface area contributed by atoms with Crippen LogP contribution in [0.25, 0.3) is 0 Å². The first-order valence-electron chi connectivity index (χ1n) is 13.6. The molecule has 0 N–H and O–H groups in total. The molecule has 0 radical (unpaired) electrons. The Bertz CT molecular complexity index is 1050. The summed E-state index contributed by atoms with van der Waals surface area (Å²) in [6.07, 6.45) is 3.50. The Hall–Kier alpha value is -3.30. The molecule has 1 heterocycles. The van der Waals surface area contributed by atoms with Crippen LogP contribution in [0.15, 0.2) is 42.5 Å². The van der Waals surface area contributed by atoms with Gasteiger partial charge >= 0.3 is 11.9 Å². The molecule has 9 nitrogen and oxygen atoms in total. The minimum atomic E-state index is -0.438. The van der Waals surface area contributed by atoms with Gasteiger partial charge in [-0.25, -0.2) is 9.59 Å². The van der Waals surface area contributed by atoms with E-state index < -0.39 is 5.97 Å². The van der Waals surface area contributed by atoms with Crippen molar-refractivity contribution in [2.75, 3.05) is 67.7 Å². The van der Waals surface area contributed by atoms with Gasteiger partial charge in [0.2, 0.25) is 5.75 Å². The van der Waals surface area contributed by atoms with Crippen LogP contribution in [0.5, 0.6) is 17.2 Å². The van der Waals surface area contributed by atoms with E-state index in [2.05, 4.69) is 23.9 Å². The highest BCUT2D eigenvalue weighted by atomic mass is 16.5. The summed E-state index contributed by atoms with van der Waals surface area (Å²) in [5.41, 5.74) is 0.875. The van der Waals surface area contributed by atoms with Crippen LogP contribution >= 0.6 is 0 Å². The average Bonchev–Trinajstić information content (AvgIpc) is 2.95. The van der Waals surface area contributed by atoms with Crippen molar-refractivity contribution in [2.45, 2.75) is 38.2 Å². The third-order valence-corrected chi connectivity index (χ3v) is 6.72. The van der Waals surface area contributed by atoms with E-state index in [4.69, 9.17) is 23.7 Å². The second kappa shape index (κ2) is 16.0. The van der Waals surface area contributed by atoms with Gasteiger partial charge in [0.1, 0.15) is 6.10 Å². The van der Waals surface area contributed by atoms with Crippen LogP contribution in [-0.2, 0) is 9.47 Å². The largest absolute Gasteiger partial charge is 0.493 e. The molecule has 214 valence electrons. The Labute approximate surface area is 231 Å². The number of ether oxygens (including phenoxy) is 5. The fourth-order valence-corrected chi connectivity index (χ4v) is 4.48. The van der Waals surface area contributed by atoms with E-state index in [1.54, 1.807) is 24.3 Å². The van der Waals surface area contributed by atoms with Gasteiger partial charge in [-0.3, -0.25) is 0 Å². The van der Waals surface area contributed by atoms with E-state index in [9.17, 15) is 9.59 Å². The van der Waals surface area contributed by atoms with E-state index in [0.717, 1.165) is 45.4 Å². The van der Waals surface area contributed by atoms with Gasteiger partial charge in [0.05, 0.1) is 38.6 Å². The topological polar surface area (TPSA) is 86.8 Å². The molecule has 0 fully saturated rings. The zero-order chi connectivity index (χ0) is 28.0. The SMILES string of the molecule is COc1cc2cc(c1OC)OCCCC(OC(=O)c1ccccc1)CCN(C)CCCN(C)CCCOC2=O. The maximum absolute atomic E-state index is 12.8. The molecular weight excluding hydrogens is 500 g/mol. The van der Waals surface area contributed by atoms with Crippen LogP contribution in [0.4, 0.5) is 0 Å². The lowest BCUT2D eigenvalue weighted by molar-refractivity contribution is 0.0226. The summed E-state index contributed by atoms with van der Waals surface area (Å²) in [6, 6.07) is 12.3. The first-order chi connectivity index (χ1) is 18.9. The van der Waals surface area contributed by atoms with Gasteiger partial charge < -0.3 is 33.5 Å². The standard InChI is InChI=1S/C30H42N2O7/c1-31-15-9-16-32(2)18-14-25(39-30(34)23-11-6-5-7-12-23)13-8-19-37-27-22-24(29(33)38-20-10-17-31)21-26(35-3)28(27)36-4/h5-7,11-12,21-22,25H,8-10,13-20H2,1-4H3. The fraction of sp³-hybridized carbons (Fsp3) is 0.533. The highest BCUT2D eigenvalue weighted by Gasteiger charge is 2.20. The molecule has 39 heavy (non-hydrogen) atoms.